The van der Waals surface area contributed by atoms with Gasteiger partial charge in [-0.1, -0.05) is 26.2 Å². The Balaban J connectivity index is 2.04. The molecule has 4 heteroatoms. The molecule has 0 aromatic carbocycles. The minimum atomic E-state index is -0.383. The minimum absolute atomic E-state index is 0.0318. The summed E-state index contributed by atoms with van der Waals surface area (Å²) in [4.78, 5) is 14.2. The zero-order valence-electron chi connectivity index (χ0n) is 10.9. The molecule has 1 aromatic rings. The zero-order valence-corrected chi connectivity index (χ0v) is 11.7. The number of amides is 1. The average Bonchev–Trinajstić information content (AvgIpc) is 2.88. The number of aryl methyl sites for hydroxylation is 1. The van der Waals surface area contributed by atoms with Gasteiger partial charge in [-0.3, -0.25) is 4.79 Å². The van der Waals surface area contributed by atoms with Gasteiger partial charge in [-0.25, -0.2) is 0 Å². The second-order valence-electron chi connectivity index (χ2n) is 5.07. The average molecular weight is 267 g/mol. The molecule has 0 radical (unpaired) electrons. The molecule has 0 saturated heterocycles. The van der Waals surface area contributed by atoms with Crippen molar-refractivity contribution < 1.29 is 9.90 Å². The maximum Gasteiger partial charge on any atom is 0.261 e. The number of hydrogen-bond acceptors (Lipinski definition) is 3. The molecule has 1 aromatic heterocycles. The molecule has 3 nitrogen and oxygen atoms in total. The van der Waals surface area contributed by atoms with Gasteiger partial charge in [0.1, 0.15) is 0 Å². The van der Waals surface area contributed by atoms with E-state index in [0.717, 1.165) is 37.0 Å². The van der Waals surface area contributed by atoms with Gasteiger partial charge >= 0.3 is 0 Å². The molecule has 0 atom stereocenters. The van der Waals surface area contributed by atoms with Gasteiger partial charge < -0.3 is 10.4 Å². The van der Waals surface area contributed by atoms with E-state index in [1.807, 2.05) is 12.1 Å². The first-order valence-electron chi connectivity index (χ1n) is 6.71. The van der Waals surface area contributed by atoms with Crippen LogP contribution >= 0.6 is 11.3 Å². The van der Waals surface area contributed by atoms with Crippen molar-refractivity contribution in [3.63, 3.8) is 0 Å². The summed E-state index contributed by atoms with van der Waals surface area (Å²) in [6.07, 6.45) is 6.12. The van der Waals surface area contributed by atoms with Crippen LogP contribution in [0.15, 0.2) is 12.1 Å². The van der Waals surface area contributed by atoms with E-state index in [0.29, 0.717) is 0 Å². The number of thiophene rings is 1. The number of hydrogen-bond donors (Lipinski definition) is 2. The summed E-state index contributed by atoms with van der Waals surface area (Å²) in [7, 11) is 0. The molecular formula is C14H21NO2S. The summed E-state index contributed by atoms with van der Waals surface area (Å²) in [5.74, 6) is -0.0318. The van der Waals surface area contributed by atoms with E-state index in [2.05, 4.69) is 12.2 Å². The molecule has 1 amide bonds. The molecule has 0 spiro atoms. The second-order valence-corrected chi connectivity index (χ2v) is 6.24. The summed E-state index contributed by atoms with van der Waals surface area (Å²) in [6.45, 7) is 2.13. The molecule has 1 heterocycles. The van der Waals surface area contributed by atoms with E-state index in [1.165, 1.54) is 11.3 Å². The summed E-state index contributed by atoms with van der Waals surface area (Å²) in [5, 5.41) is 12.6. The molecule has 0 unspecified atom stereocenters. The fraction of sp³-hybridized carbons (Fsp3) is 0.643. The fourth-order valence-corrected chi connectivity index (χ4v) is 3.39. The van der Waals surface area contributed by atoms with E-state index < -0.39 is 0 Å². The van der Waals surface area contributed by atoms with E-state index in [4.69, 9.17) is 0 Å². The van der Waals surface area contributed by atoms with Crippen LogP contribution < -0.4 is 5.32 Å². The first kappa shape index (κ1) is 13.6. The Morgan fingerprint density at radius 3 is 2.67 bits per heavy atom. The molecule has 0 aliphatic heterocycles. The van der Waals surface area contributed by atoms with E-state index in [9.17, 15) is 9.90 Å². The topological polar surface area (TPSA) is 49.3 Å². The molecule has 1 aliphatic carbocycles. The predicted molar refractivity (Wildman–Crippen MR) is 74.1 cm³/mol. The Labute approximate surface area is 112 Å². The molecule has 1 fully saturated rings. The highest BCUT2D eigenvalue weighted by atomic mass is 32.1. The van der Waals surface area contributed by atoms with Crippen molar-refractivity contribution in [3.05, 3.63) is 21.9 Å². The van der Waals surface area contributed by atoms with Gasteiger partial charge in [0, 0.05) is 4.88 Å². The van der Waals surface area contributed by atoms with Crippen LogP contribution in [-0.4, -0.2) is 23.2 Å². The Kier molecular flexibility index (Phi) is 4.40. The third-order valence-corrected chi connectivity index (χ3v) is 4.95. The third-order valence-electron chi connectivity index (χ3n) is 3.73. The van der Waals surface area contributed by atoms with Gasteiger partial charge in [0.25, 0.3) is 5.91 Å². The molecule has 1 saturated carbocycles. The highest BCUT2D eigenvalue weighted by Gasteiger charge is 2.33. The maximum absolute atomic E-state index is 12.2. The molecule has 100 valence electrons. The summed E-state index contributed by atoms with van der Waals surface area (Å²) in [5.41, 5.74) is -0.383. The van der Waals surface area contributed by atoms with Crippen LogP contribution in [0.3, 0.4) is 0 Å². The van der Waals surface area contributed by atoms with Crippen LogP contribution in [0.2, 0.25) is 0 Å². The number of nitrogens with one attached hydrogen (secondary N) is 1. The van der Waals surface area contributed by atoms with Crippen molar-refractivity contribution in [1.82, 2.24) is 5.32 Å². The van der Waals surface area contributed by atoms with E-state index in [-0.39, 0.29) is 18.1 Å². The Morgan fingerprint density at radius 2 is 2.11 bits per heavy atom. The summed E-state index contributed by atoms with van der Waals surface area (Å²) >= 11 is 1.55. The number of aliphatic hydroxyl groups is 1. The van der Waals surface area contributed by atoms with Crippen molar-refractivity contribution in [2.75, 3.05) is 6.61 Å². The monoisotopic (exact) mass is 267 g/mol. The van der Waals surface area contributed by atoms with Crippen LogP contribution in [0.4, 0.5) is 0 Å². The van der Waals surface area contributed by atoms with Crippen molar-refractivity contribution in [3.8, 4) is 0 Å². The highest BCUT2D eigenvalue weighted by Crippen LogP contribution is 2.28. The van der Waals surface area contributed by atoms with E-state index >= 15 is 0 Å². The first-order valence-corrected chi connectivity index (χ1v) is 7.53. The molecule has 18 heavy (non-hydrogen) atoms. The molecule has 0 bridgehead atoms. The van der Waals surface area contributed by atoms with Crippen LogP contribution in [0.1, 0.15) is 53.6 Å². The first-order chi connectivity index (χ1) is 8.69. The Hall–Kier alpha value is -0.870. The predicted octanol–water partition coefficient (Wildman–Crippen LogP) is 2.74. The largest absolute Gasteiger partial charge is 0.394 e. The third kappa shape index (κ3) is 2.93. The molecule has 2 N–H and O–H groups in total. The fourth-order valence-electron chi connectivity index (χ4n) is 2.54. The smallest absolute Gasteiger partial charge is 0.261 e. The van der Waals surface area contributed by atoms with Crippen LogP contribution in [0.25, 0.3) is 0 Å². The number of carbonyl (C=O) groups excluding carboxylic acids is 1. The highest BCUT2D eigenvalue weighted by molar-refractivity contribution is 7.14. The minimum Gasteiger partial charge on any atom is -0.394 e. The quantitative estimate of drug-likeness (QED) is 0.881. The van der Waals surface area contributed by atoms with Crippen LogP contribution in [-0.2, 0) is 6.42 Å². The van der Waals surface area contributed by atoms with Crippen LogP contribution in [0, 0.1) is 0 Å². The number of carbonyl (C=O) groups is 1. The lowest BCUT2D eigenvalue weighted by Crippen LogP contribution is -2.52. The van der Waals surface area contributed by atoms with Crippen molar-refractivity contribution in [1.29, 1.82) is 0 Å². The zero-order chi connectivity index (χ0) is 13.0. The van der Waals surface area contributed by atoms with Gasteiger partial charge in [0.05, 0.1) is 17.0 Å². The number of aliphatic hydroxyl groups excluding tert-OH is 1. The SMILES string of the molecule is CCc1ccc(C(=O)NC2(CO)CCCCC2)s1. The van der Waals surface area contributed by atoms with Gasteiger partial charge in [-0.2, -0.15) is 0 Å². The lowest BCUT2D eigenvalue weighted by atomic mass is 9.82. The van der Waals surface area contributed by atoms with E-state index in [1.54, 1.807) is 11.3 Å². The lowest BCUT2D eigenvalue weighted by Gasteiger charge is -2.36. The Morgan fingerprint density at radius 1 is 1.39 bits per heavy atom. The molecule has 2 rings (SSSR count). The molecular weight excluding hydrogens is 246 g/mol. The summed E-state index contributed by atoms with van der Waals surface area (Å²) < 4.78 is 0. The Bertz CT molecular complexity index is 408. The second kappa shape index (κ2) is 5.85. The normalized spacial score (nSPS) is 18.6. The van der Waals surface area contributed by atoms with Crippen molar-refractivity contribution in [2.24, 2.45) is 0 Å². The van der Waals surface area contributed by atoms with Gasteiger partial charge in [-0.15, -0.1) is 11.3 Å². The summed E-state index contributed by atoms with van der Waals surface area (Å²) in [6, 6.07) is 3.89. The van der Waals surface area contributed by atoms with Crippen molar-refractivity contribution in [2.45, 2.75) is 51.0 Å². The van der Waals surface area contributed by atoms with Crippen LogP contribution in [0.5, 0.6) is 0 Å². The van der Waals surface area contributed by atoms with Gasteiger partial charge in [-0.05, 0) is 31.4 Å². The van der Waals surface area contributed by atoms with Gasteiger partial charge in [0.15, 0.2) is 0 Å². The maximum atomic E-state index is 12.2. The van der Waals surface area contributed by atoms with Gasteiger partial charge in [0.2, 0.25) is 0 Å². The number of rotatable bonds is 4. The van der Waals surface area contributed by atoms with Crippen molar-refractivity contribution >= 4 is 17.2 Å². The lowest BCUT2D eigenvalue weighted by molar-refractivity contribution is 0.0762. The standard InChI is InChI=1S/C14H21NO2S/c1-2-11-6-7-12(18-11)13(17)15-14(10-16)8-4-3-5-9-14/h6-7,16H,2-5,8-10H2,1H3,(H,15,17). The molecule has 1 aliphatic rings.